The number of aryl methyl sites for hydroxylation is 2. The van der Waals surface area contributed by atoms with Gasteiger partial charge in [-0.05, 0) is 74.6 Å². The lowest BCUT2D eigenvalue weighted by molar-refractivity contribution is 0.308. The summed E-state index contributed by atoms with van der Waals surface area (Å²) in [5, 5.41) is 3.69. The number of piperidine rings is 1. The summed E-state index contributed by atoms with van der Waals surface area (Å²) in [7, 11) is 0. The third-order valence-corrected chi connectivity index (χ3v) is 4.68. The van der Waals surface area contributed by atoms with Crippen molar-refractivity contribution in [1.82, 2.24) is 5.32 Å². The van der Waals surface area contributed by atoms with Gasteiger partial charge in [0.05, 0.1) is 0 Å². The molecule has 0 bridgehead atoms. The first-order valence-electron chi connectivity index (χ1n) is 8.57. The normalized spacial score (nSPS) is 22.2. The fourth-order valence-corrected chi connectivity index (χ4v) is 3.49. The molecule has 1 N–H and O–H groups in total. The molecule has 2 atom stereocenters. The Morgan fingerprint density at radius 1 is 1.33 bits per heavy atom. The summed E-state index contributed by atoms with van der Waals surface area (Å²) in [4.78, 5) is 0. The van der Waals surface area contributed by atoms with E-state index in [-0.39, 0.29) is 0 Å². The van der Waals surface area contributed by atoms with Crippen LogP contribution in [0.5, 0.6) is 0 Å². The van der Waals surface area contributed by atoms with Crippen LogP contribution in [0.4, 0.5) is 0 Å². The van der Waals surface area contributed by atoms with Gasteiger partial charge in [0.1, 0.15) is 0 Å². The molecular formula is C20H31N. The van der Waals surface area contributed by atoms with E-state index in [1.165, 1.54) is 48.9 Å². The summed E-state index contributed by atoms with van der Waals surface area (Å²) in [6, 6.07) is 7.73. The number of rotatable bonds is 6. The van der Waals surface area contributed by atoms with Crippen molar-refractivity contribution in [2.75, 3.05) is 6.54 Å². The minimum absolute atomic E-state index is 0.711. The molecule has 21 heavy (non-hydrogen) atoms. The van der Waals surface area contributed by atoms with E-state index >= 15 is 0 Å². The van der Waals surface area contributed by atoms with Crippen molar-refractivity contribution in [2.24, 2.45) is 5.92 Å². The highest BCUT2D eigenvalue weighted by molar-refractivity contribution is 5.34. The lowest BCUT2D eigenvalue weighted by Gasteiger charge is -2.28. The van der Waals surface area contributed by atoms with Gasteiger partial charge in [-0.3, -0.25) is 0 Å². The molecule has 2 unspecified atom stereocenters. The van der Waals surface area contributed by atoms with Gasteiger partial charge in [0, 0.05) is 6.04 Å². The molecule has 0 saturated carbocycles. The van der Waals surface area contributed by atoms with Gasteiger partial charge in [-0.2, -0.15) is 0 Å². The van der Waals surface area contributed by atoms with E-state index in [9.17, 15) is 0 Å². The van der Waals surface area contributed by atoms with Gasteiger partial charge < -0.3 is 5.32 Å². The van der Waals surface area contributed by atoms with Crippen LogP contribution in [0.15, 0.2) is 30.4 Å². The van der Waals surface area contributed by atoms with Crippen LogP contribution >= 0.6 is 0 Å². The van der Waals surface area contributed by atoms with Crippen LogP contribution in [0.25, 0.3) is 0 Å². The fourth-order valence-electron chi connectivity index (χ4n) is 3.49. The standard InChI is InChI=1S/C20H31N/c1-5-18-7-6-17(12-15(2)3)14-19(18)8-9-20-13-16(4)10-11-21-20/h6-7,14,16,20-21H,2,5,8-13H2,1,3-4H3. The van der Waals surface area contributed by atoms with E-state index < -0.39 is 0 Å². The van der Waals surface area contributed by atoms with Gasteiger partial charge in [0.25, 0.3) is 0 Å². The van der Waals surface area contributed by atoms with E-state index in [1.54, 1.807) is 5.56 Å². The summed E-state index contributed by atoms with van der Waals surface area (Å²) in [6.45, 7) is 12.0. The van der Waals surface area contributed by atoms with Crippen molar-refractivity contribution in [3.8, 4) is 0 Å². The van der Waals surface area contributed by atoms with Crippen molar-refractivity contribution < 1.29 is 0 Å². The highest BCUT2D eigenvalue weighted by atomic mass is 14.9. The Kier molecular flexibility index (Phi) is 6.05. The maximum atomic E-state index is 4.04. The van der Waals surface area contributed by atoms with Gasteiger partial charge in [-0.1, -0.05) is 44.2 Å². The Morgan fingerprint density at radius 3 is 2.81 bits per heavy atom. The van der Waals surface area contributed by atoms with Crippen molar-refractivity contribution >= 4 is 0 Å². The molecule has 1 saturated heterocycles. The molecule has 1 nitrogen and oxygen atoms in total. The van der Waals surface area contributed by atoms with E-state index in [0.29, 0.717) is 6.04 Å². The van der Waals surface area contributed by atoms with Crippen LogP contribution in [0.3, 0.4) is 0 Å². The Morgan fingerprint density at radius 2 is 2.14 bits per heavy atom. The fraction of sp³-hybridized carbons (Fsp3) is 0.600. The van der Waals surface area contributed by atoms with E-state index in [0.717, 1.165) is 18.8 Å². The summed E-state index contributed by atoms with van der Waals surface area (Å²) < 4.78 is 0. The molecule has 1 heteroatoms. The molecule has 2 rings (SSSR count). The summed E-state index contributed by atoms with van der Waals surface area (Å²) in [5.74, 6) is 0.886. The molecule has 1 fully saturated rings. The second kappa shape index (κ2) is 7.79. The predicted octanol–water partition coefficient (Wildman–Crippen LogP) is 4.69. The average molecular weight is 285 g/mol. The first-order chi connectivity index (χ1) is 10.1. The maximum absolute atomic E-state index is 4.04. The third kappa shape index (κ3) is 5.00. The molecule has 0 spiro atoms. The highest BCUT2D eigenvalue weighted by Gasteiger charge is 2.18. The smallest absolute Gasteiger partial charge is 0.00727 e. The lowest BCUT2D eigenvalue weighted by Crippen LogP contribution is -2.37. The SMILES string of the molecule is C=C(C)Cc1ccc(CC)c(CCC2CC(C)CCN2)c1. The van der Waals surface area contributed by atoms with E-state index in [2.05, 4.69) is 50.9 Å². The van der Waals surface area contributed by atoms with Crippen molar-refractivity contribution in [3.05, 3.63) is 47.0 Å². The zero-order chi connectivity index (χ0) is 15.2. The van der Waals surface area contributed by atoms with Gasteiger partial charge >= 0.3 is 0 Å². The van der Waals surface area contributed by atoms with Crippen LogP contribution in [-0.2, 0) is 19.3 Å². The minimum atomic E-state index is 0.711. The van der Waals surface area contributed by atoms with Gasteiger partial charge in [0.15, 0.2) is 0 Å². The molecule has 1 aliphatic rings. The highest BCUT2D eigenvalue weighted by Crippen LogP contribution is 2.21. The summed E-state index contributed by atoms with van der Waals surface area (Å²) >= 11 is 0. The van der Waals surface area contributed by atoms with Gasteiger partial charge in [-0.25, -0.2) is 0 Å². The minimum Gasteiger partial charge on any atom is -0.314 e. The zero-order valence-corrected chi connectivity index (χ0v) is 14.0. The topological polar surface area (TPSA) is 12.0 Å². The molecule has 1 heterocycles. The molecule has 1 aromatic carbocycles. The second-order valence-corrected chi connectivity index (χ2v) is 6.91. The molecule has 1 aromatic rings. The summed E-state index contributed by atoms with van der Waals surface area (Å²) in [5.41, 5.74) is 5.73. The third-order valence-electron chi connectivity index (χ3n) is 4.68. The molecule has 0 aliphatic carbocycles. The lowest BCUT2D eigenvalue weighted by atomic mass is 9.89. The molecule has 1 aliphatic heterocycles. The average Bonchev–Trinajstić information content (AvgIpc) is 2.45. The summed E-state index contributed by atoms with van der Waals surface area (Å²) in [6.07, 6.45) is 7.30. The molecule has 0 aromatic heterocycles. The number of allylic oxidation sites excluding steroid dienone is 1. The first kappa shape index (κ1) is 16.3. The quantitative estimate of drug-likeness (QED) is 0.748. The van der Waals surface area contributed by atoms with Crippen LogP contribution in [0, 0.1) is 5.92 Å². The molecule has 0 amide bonds. The van der Waals surface area contributed by atoms with Crippen LogP contribution < -0.4 is 5.32 Å². The molecule has 116 valence electrons. The van der Waals surface area contributed by atoms with Crippen LogP contribution in [0.1, 0.15) is 56.7 Å². The van der Waals surface area contributed by atoms with Crippen molar-refractivity contribution in [2.45, 2.75) is 65.3 Å². The zero-order valence-electron chi connectivity index (χ0n) is 14.0. The van der Waals surface area contributed by atoms with Crippen molar-refractivity contribution in [3.63, 3.8) is 0 Å². The second-order valence-electron chi connectivity index (χ2n) is 6.91. The first-order valence-corrected chi connectivity index (χ1v) is 8.57. The molecule has 0 radical (unpaired) electrons. The van der Waals surface area contributed by atoms with Gasteiger partial charge in [0.2, 0.25) is 0 Å². The Hall–Kier alpha value is -1.08. The van der Waals surface area contributed by atoms with E-state index in [1.807, 2.05) is 0 Å². The number of benzene rings is 1. The van der Waals surface area contributed by atoms with Crippen LogP contribution in [0.2, 0.25) is 0 Å². The van der Waals surface area contributed by atoms with Crippen LogP contribution in [-0.4, -0.2) is 12.6 Å². The Labute approximate surface area is 130 Å². The Balaban J connectivity index is 2.01. The number of hydrogen-bond donors (Lipinski definition) is 1. The Bertz CT molecular complexity index is 475. The van der Waals surface area contributed by atoms with E-state index in [4.69, 9.17) is 0 Å². The number of nitrogens with one attached hydrogen (secondary N) is 1. The monoisotopic (exact) mass is 285 g/mol. The number of hydrogen-bond acceptors (Lipinski definition) is 1. The van der Waals surface area contributed by atoms with Crippen molar-refractivity contribution in [1.29, 1.82) is 0 Å². The van der Waals surface area contributed by atoms with Gasteiger partial charge in [-0.15, -0.1) is 0 Å². The largest absolute Gasteiger partial charge is 0.314 e. The molecular weight excluding hydrogens is 254 g/mol. The maximum Gasteiger partial charge on any atom is 0.00727 e. The predicted molar refractivity (Wildman–Crippen MR) is 92.8 cm³/mol.